The molecule has 0 aliphatic rings. The monoisotopic (exact) mass is 321 g/mol. The number of methoxy groups -OCH3 is 1. The minimum Gasteiger partial charge on any atom is -0.496 e. The Morgan fingerprint density at radius 2 is 1.58 bits per heavy atom. The molecule has 0 N–H and O–H groups in total. The van der Waals surface area contributed by atoms with Crippen molar-refractivity contribution in [3.8, 4) is 5.75 Å². The van der Waals surface area contributed by atoms with Crippen LogP contribution < -0.4 is 15.7 Å². The number of ether oxygens (including phenoxy) is 1. The van der Waals surface area contributed by atoms with E-state index in [4.69, 9.17) is 4.74 Å². The van der Waals surface area contributed by atoms with Gasteiger partial charge in [-0.15, -0.1) is 0 Å². The van der Waals surface area contributed by atoms with Gasteiger partial charge in [-0.3, -0.25) is 0 Å². The highest BCUT2D eigenvalue weighted by atomic mass is 16.5. The summed E-state index contributed by atoms with van der Waals surface area (Å²) in [6.07, 6.45) is 2.27. The summed E-state index contributed by atoms with van der Waals surface area (Å²) in [6.45, 7) is 13.3. The van der Waals surface area contributed by atoms with Crippen LogP contribution in [0.3, 0.4) is 0 Å². The van der Waals surface area contributed by atoms with Gasteiger partial charge in [-0.1, -0.05) is 71.6 Å². The third-order valence-corrected chi connectivity index (χ3v) is 4.97. The molecule has 0 bridgehead atoms. The molecule has 0 aliphatic carbocycles. The second-order valence-corrected chi connectivity index (χ2v) is 7.19. The Bertz CT molecular complexity index is 695. The lowest BCUT2D eigenvalue weighted by Crippen LogP contribution is -2.33. The summed E-state index contributed by atoms with van der Waals surface area (Å²) < 4.78 is 5.68. The summed E-state index contributed by atoms with van der Waals surface area (Å²) in [6, 6.07) is 9.01. The van der Waals surface area contributed by atoms with E-state index in [1.807, 2.05) is 0 Å². The normalized spacial score (nSPS) is 12.1. The molecule has 2 heteroatoms. The van der Waals surface area contributed by atoms with E-state index in [0.717, 1.165) is 12.2 Å². The zero-order valence-corrected chi connectivity index (χ0v) is 16.3. The minimum atomic E-state index is 0.676. The predicted octanol–water partition coefficient (Wildman–Crippen LogP) is 4.17. The van der Waals surface area contributed by atoms with Crippen LogP contribution in [0.2, 0.25) is 0 Å². The number of benzene rings is 2. The quantitative estimate of drug-likeness (QED) is 0.726. The van der Waals surface area contributed by atoms with Gasteiger partial charge in [0.1, 0.15) is 5.75 Å². The molecule has 0 aromatic heterocycles. The zero-order chi connectivity index (χ0) is 17.9. The van der Waals surface area contributed by atoms with Gasteiger partial charge < -0.3 is 4.74 Å². The SMILES string of the molecule is CCC(C)Cc1cc(C)c([B]c2c(C)cc(C)cc2C)cc1OC. The summed E-state index contributed by atoms with van der Waals surface area (Å²) in [4.78, 5) is 0. The van der Waals surface area contributed by atoms with Crippen molar-refractivity contribution in [1.29, 1.82) is 0 Å². The lowest BCUT2D eigenvalue weighted by atomic mass is 9.59. The summed E-state index contributed by atoms with van der Waals surface area (Å²) in [5, 5.41) is 0. The molecule has 2 aromatic carbocycles. The largest absolute Gasteiger partial charge is 0.496 e. The molecule has 1 atom stereocenters. The predicted molar refractivity (Wildman–Crippen MR) is 107 cm³/mol. The number of hydrogen-bond donors (Lipinski definition) is 0. The van der Waals surface area contributed by atoms with Gasteiger partial charge in [0.15, 0.2) is 7.28 Å². The van der Waals surface area contributed by atoms with Crippen molar-refractivity contribution in [3.63, 3.8) is 0 Å². The van der Waals surface area contributed by atoms with Gasteiger partial charge in [0.2, 0.25) is 0 Å². The highest BCUT2D eigenvalue weighted by Gasteiger charge is 2.14. The molecule has 2 aromatic rings. The second kappa shape index (κ2) is 7.92. The van der Waals surface area contributed by atoms with Gasteiger partial charge in [0.05, 0.1) is 7.11 Å². The molecule has 1 unspecified atom stereocenters. The van der Waals surface area contributed by atoms with Crippen LogP contribution in [0.25, 0.3) is 0 Å². The molecule has 1 radical (unpaired) electrons. The topological polar surface area (TPSA) is 9.23 Å². The van der Waals surface area contributed by atoms with E-state index < -0.39 is 0 Å². The van der Waals surface area contributed by atoms with Gasteiger partial charge >= 0.3 is 0 Å². The molecule has 127 valence electrons. The molecule has 1 nitrogen and oxygen atoms in total. The van der Waals surface area contributed by atoms with Gasteiger partial charge in [0.25, 0.3) is 0 Å². The lowest BCUT2D eigenvalue weighted by Gasteiger charge is -2.17. The van der Waals surface area contributed by atoms with Crippen LogP contribution in [-0.4, -0.2) is 14.4 Å². The van der Waals surface area contributed by atoms with Crippen LogP contribution in [0.4, 0.5) is 0 Å². The average molecular weight is 321 g/mol. The molecule has 24 heavy (non-hydrogen) atoms. The van der Waals surface area contributed by atoms with Crippen molar-refractivity contribution >= 4 is 18.2 Å². The Kier molecular flexibility index (Phi) is 6.15. The Morgan fingerprint density at radius 3 is 2.12 bits per heavy atom. The Labute approximate surface area is 148 Å². The molecule has 0 aliphatic heterocycles. The summed E-state index contributed by atoms with van der Waals surface area (Å²) >= 11 is 0. The molecular formula is C22H30BO. The maximum Gasteiger partial charge on any atom is 0.192 e. The van der Waals surface area contributed by atoms with E-state index in [2.05, 4.69) is 73.1 Å². The lowest BCUT2D eigenvalue weighted by molar-refractivity contribution is 0.405. The van der Waals surface area contributed by atoms with Crippen molar-refractivity contribution in [1.82, 2.24) is 0 Å². The highest BCUT2D eigenvalue weighted by molar-refractivity contribution is 6.68. The van der Waals surface area contributed by atoms with Crippen LogP contribution in [0, 0.1) is 33.6 Å². The number of aryl methyl sites for hydroxylation is 4. The van der Waals surface area contributed by atoms with Crippen molar-refractivity contribution in [3.05, 3.63) is 52.1 Å². The van der Waals surface area contributed by atoms with E-state index in [0.29, 0.717) is 5.92 Å². The van der Waals surface area contributed by atoms with Gasteiger partial charge in [-0.2, -0.15) is 0 Å². The molecule has 0 saturated carbocycles. The maximum absolute atomic E-state index is 5.68. The van der Waals surface area contributed by atoms with Crippen LogP contribution in [0.15, 0.2) is 24.3 Å². The standard InChI is InChI=1S/C22H30BO/c1-8-14(2)11-19-12-16(4)20(13-21(19)24-7)23-22-17(5)9-15(3)10-18(22)6/h9-10,12-14H,8,11H2,1-7H3. The Morgan fingerprint density at radius 1 is 0.958 bits per heavy atom. The first-order valence-electron chi connectivity index (χ1n) is 8.95. The number of hydrogen-bond acceptors (Lipinski definition) is 1. The minimum absolute atomic E-state index is 0.676. The van der Waals surface area contributed by atoms with E-state index in [1.54, 1.807) is 7.11 Å². The van der Waals surface area contributed by atoms with Crippen LogP contribution >= 0.6 is 0 Å². The first-order valence-corrected chi connectivity index (χ1v) is 8.95. The summed E-state index contributed by atoms with van der Waals surface area (Å²) in [5.41, 5.74) is 9.17. The second-order valence-electron chi connectivity index (χ2n) is 7.19. The fraction of sp³-hybridized carbons (Fsp3) is 0.455. The van der Waals surface area contributed by atoms with Crippen LogP contribution in [0.1, 0.15) is 48.1 Å². The fourth-order valence-corrected chi connectivity index (χ4v) is 3.36. The fourth-order valence-electron chi connectivity index (χ4n) is 3.36. The third-order valence-electron chi connectivity index (χ3n) is 4.97. The Hall–Kier alpha value is -1.70. The summed E-state index contributed by atoms with van der Waals surface area (Å²) in [7, 11) is 4.08. The van der Waals surface area contributed by atoms with Gasteiger partial charge in [-0.05, 0) is 51.7 Å². The van der Waals surface area contributed by atoms with E-state index in [1.165, 1.54) is 45.2 Å². The number of rotatable bonds is 6. The average Bonchev–Trinajstić information content (AvgIpc) is 2.52. The van der Waals surface area contributed by atoms with Gasteiger partial charge in [-0.25, -0.2) is 0 Å². The first-order chi connectivity index (χ1) is 11.3. The zero-order valence-electron chi connectivity index (χ0n) is 16.3. The molecular weight excluding hydrogens is 291 g/mol. The Balaban J connectivity index is 2.38. The van der Waals surface area contributed by atoms with E-state index >= 15 is 0 Å². The van der Waals surface area contributed by atoms with Crippen molar-refractivity contribution in [2.75, 3.05) is 7.11 Å². The molecule has 0 spiro atoms. The summed E-state index contributed by atoms with van der Waals surface area (Å²) in [5.74, 6) is 1.68. The van der Waals surface area contributed by atoms with Crippen molar-refractivity contribution < 1.29 is 4.74 Å². The molecule has 0 saturated heterocycles. The molecule has 2 rings (SSSR count). The van der Waals surface area contributed by atoms with Gasteiger partial charge in [0, 0.05) is 0 Å². The van der Waals surface area contributed by atoms with E-state index in [-0.39, 0.29) is 0 Å². The third kappa shape index (κ3) is 4.23. The van der Waals surface area contributed by atoms with Crippen molar-refractivity contribution in [2.45, 2.75) is 54.4 Å². The molecule has 0 fully saturated rings. The van der Waals surface area contributed by atoms with Crippen LogP contribution in [-0.2, 0) is 6.42 Å². The van der Waals surface area contributed by atoms with Crippen molar-refractivity contribution in [2.24, 2.45) is 5.92 Å². The van der Waals surface area contributed by atoms with Crippen LogP contribution in [0.5, 0.6) is 5.75 Å². The maximum atomic E-state index is 5.68. The molecule has 0 amide bonds. The van der Waals surface area contributed by atoms with E-state index in [9.17, 15) is 0 Å². The highest BCUT2D eigenvalue weighted by Crippen LogP contribution is 2.23. The first kappa shape index (κ1) is 18.6. The smallest absolute Gasteiger partial charge is 0.192 e. The molecule has 0 heterocycles.